The van der Waals surface area contributed by atoms with Crippen LogP contribution < -0.4 is 0 Å². The highest BCUT2D eigenvalue weighted by Crippen LogP contribution is 2.24. The SMILES string of the molecule is CCOC(=O)Cn1nc(C(=O)O)c2c1C(=O)CCC2. The molecular formula is C12H14N2O5. The fourth-order valence-corrected chi connectivity index (χ4v) is 2.21. The van der Waals surface area contributed by atoms with E-state index in [4.69, 9.17) is 9.84 Å². The number of hydrogen-bond donors (Lipinski definition) is 1. The van der Waals surface area contributed by atoms with Crippen molar-refractivity contribution in [2.45, 2.75) is 32.7 Å². The third kappa shape index (κ3) is 2.49. The van der Waals surface area contributed by atoms with Gasteiger partial charge >= 0.3 is 11.9 Å². The minimum absolute atomic E-state index is 0.146. The monoisotopic (exact) mass is 266 g/mol. The Bertz CT molecular complexity index is 547. The number of ether oxygens (including phenoxy) is 1. The number of rotatable bonds is 4. The molecule has 0 saturated heterocycles. The number of carboxylic acid groups (broad SMARTS) is 1. The molecule has 102 valence electrons. The van der Waals surface area contributed by atoms with Gasteiger partial charge in [-0.1, -0.05) is 0 Å². The number of aromatic carboxylic acids is 1. The molecule has 19 heavy (non-hydrogen) atoms. The van der Waals surface area contributed by atoms with Gasteiger partial charge in [0, 0.05) is 12.0 Å². The molecule has 0 aliphatic heterocycles. The Kier molecular flexibility index (Phi) is 3.64. The number of carboxylic acids is 1. The van der Waals surface area contributed by atoms with Crippen molar-refractivity contribution in [2.24, 2.45) is 0 Å². The van der Waals surface area contributed by atoms with Crippen molar-refractivity contribution >= 4 is 17.7 Å². The Hall–Kier alpha value is -2.18. The first-order chi connectivity index (χ1) is 9.04. The quantitative estimate of drug-likeness (QED) is 0.804. The van der Waals surface area contributed by atoms with Crippen LogP contribution in [0.3, 0.4) is 0 Å². The number of aromatic nitrogens is 2. The smallest absolute Gasteiger partial charge is 0.356 e. The van der Waals surface area contributed by atoms with Gasteiger partial charge in [0.2, 0.25) is 0 Å². The first-order valence-corrected chi connectivity index (χ1v) is 6.06. The van der Waals surface area contributed by atoms with Gasteiger partial charge in [0.25, 0.3) is 0 Å². The highest BCUT2D eigenvalue weighted by molar-refractivity contribution is 6.00. The summed E-state index contributed by atoms with van der Waals surface area (Å²) in [5.74, 6) is -1.90. The largest absolute Gasteiger partial charge is 0.476 e. The number of fused-ring (bicyclic) bond motifs is 1. The van der Waals surface area contributed by atoms with Crippen LogP contribution in [0.1, 0.15) is 46.3 Å². The Balaban J connectivity index is 2.40. The lowest BCUT2D eigenvalue weighted by Crippen LogP contribution is -2.21. The molecule has 0 radical (unpaired) electrons. The van der Waals surface area contributed by atoms with Crippen LogP contribution in [0.4, 0.5) is 0 Å². The fraction of sp³-hybridized carbons (Fsp3) is 0.500. The van der Waals surface area contributed by atoms with E-state index in [1.807, 2.05) is 0 Å². The second kappa shape index (κ2) is 5.21. The van der Waals surface area contributed by atoms with Crippen LogP contribution >= 0.6 is 0 Å². The average Bonchev–Trinajstić information content (AvgIpc) is 2.70. The van der Waals surface area contributed by atoms with Crippen LogP contribution in [-0.2, 0) is 22.5 Å². The Morgan fingerprint density at radius 2 is 2.16 bits per heavy atom. The van der Waals surface area contributed by atoms with Crippen molar-refractivity contribution in [3.8, 4) is 0 Å². The molecule has 0 unspecified atom stereocenters. The number of esters is 1. The molecule has 1 aliphatic carbocycles. The van der Waals surface area contributed by atoms with E-state index in [1.165, 1.54) is 0 Å². The lowest BCUT2D eigenvalue weighted by molar-refractivity contribution is -0.144. The van der Waals surface area contributed by atoms with Crippen LogP contribution in [0.15, 0.2) is 0 Å². The normalized spacial score (nSPS) is 14.1. The fourth-order valence-electron chi connectivity index (χ4n) is 2.21. The lowest BCUT2D eigenvalue weighted by atomic mass is 9.94. The number of Topliss-reactive ketones (excluding diaryl/α,β-unsaturated/α-hetero) is 1. The summed E-state index contributed by atoms with van der Waals surface area (Å²) in [5.41, 5.74) is 0.511. The minimum Gasteiger partial charge on any atom is -0.476 e. The first-order valence-electron chi connectivity index (χ1n) is 6.06. The molecule has 1 heterocycles. The second-order valence-corrected chi connectivity index (χ2v) is 4.22. The molecule has 1 N–H and O–H groups in total. The molecule has 1 aromatic rings. The van der Waals surface area contributed by atoms with Crippen molar-refractivity contribution < 1.29 is 24.2 Å². The molecule has 0 aromatic carbocycles. The summed E-state index contributed by atoms with van der Waals surface area (Å²) in [5, 5.41) is 12.9. The summed E-state index contributed by atoms with van der Waals surface area (Å²) in [7, 11) is 0. The van der Waals surface area contributed by atoms with Crippen LogP contribution in [0.25, 0.3) is 0 Å². The van der Waals surface area contributed by atoms with Gasteiger partial charge in [-0.15, -0.1) is 0 Å². The van der Waals surface area contributed by atoms with Gasteiger partial charge in [-0.2, -0.15) is 5.10 Å². The van der Waals surface area contributed by atoms with E-state index >= 15 is 0 Å². The second-order valence-electron chi connectivity index (χ2n) is 4.22. The maximum absolute atomic E-state index is 11.9. The van der Waals surface area contributed by atoms with Gasteiger partial charge in [-0.25, -0.2) is 9.48 Å². The molecule has 1 aliphatic rings. The molecule has 0 atom stereocenters. The summed E-state index contributed by atoms with van der Waals surface area (Å²) in [6.07, 6.45) is 1.45. The van der Waals surface area contributed by atoms with E-state index < -0.39 is 11.9 Å². The van der Waals surface area contributed by atoms with Crippen LogP contribution in [-0.4, -0.2) is 39.2 Å². The Morgan fingerprint density at radius 1 is 1.42 bits per heavy atom. The Labute approximate surface area is 109 Å². The number of carbonyl (C=O) groups is 3. The maximum atomic E-state index is 11.9. The van der Waals surface area contributed by atoms with Crippen molar-refractivity contribution in [2.75, 3.05) is 6.61 Å². The van der Waals surface area contributed by atoms with Gasteiger partial charge in [0.1, 0.15) is 12.2 Å². The predicted molar refractivity (Wildman–Crippen MR) is 63.1 cm³/mol. The molecule has 0 bridgehead atoms. The molecular weight excluding hydrogens is 252 g/mol. The molecule has 7 heteroatoms. The molecule has 2 rings (SSSR count). The summed E-state index contributed by atoms with van der Waals surface area (Å²) in [4.78, 5) is 34.4. The van der Waals surface area contributed by atoms with Crippen LogP contribution in [0.2, 0.25) is 0 Å². The third-order valence-electron chi connectivity index (χ3n) is 2.93. The Morgan fingerprint density at radius 3 is 2.79 bits per heavy atom. The van der Waals surface area contributed by atoms with Gasteiger partial charge in [-0.3, -0.25) is 9.59 Å². The number of ketones is 1. The van der Waals surface area contributed by atoms with E-state index in [-0.39, 0.29) is 30.3 Å². The standard InChI is InChI=1S/C12H14N2O5/c1-2-19-9(16)6-14-11-7(4-3-5-8(11)15)10(13-14)12(17)18/h2-6H2,1H3,(H,17,18). The first kappa shape index (κ1) is 13.3. The van der Waals surface area contributed by atoms with Gasteiger partial charge < -0.3 is 9.84 Å². The van der Waals surface area contributed by atoms with Crippen LogP contribution in [0, 0.1) is 0 Å². The van der Waals surface area contributed by atoms with Gasteiger partial charge in [-0.05, 0) is 19.8 Å². The van der Waals surface area contributed by atoms with Crippen molar-refractivity contribution in [1.29, 1.82) is 0 Å². The van der Waals surface area contributed by atoms with Crippen LogP contribution in [0.5, 0.6) is 0 Å². The number of carbonyl (C=O) groups excluding carboxylic acids is 2. The lowest BCUT2D eigenvalue weighted by Gasteiger charge is -2.12. The molecule has 1 aromatic heterocycles. The topological polar surface area (TPSA) is 98.5 Å². The summed E-state index contributed by atoms with van der Waals surface area (Å²) in [6.45, 7) is 1.65. The van der Waals surface area contributed by atoms with E-state index in [1.54, 1.807) is 6.92 Å². The summed E-state index contributed by atoms with van der Waals surface area (Å²) in [6, 6.07) is 0. The molecule has 7 nitrogen and oxygen atoms in total. The average molecular weight is 266 g/mol. The zero-order valence-electron chi connectivity index (χ0n) is 10.5. The number of nitrogens with zero attached hydrogens (tertiary/aromatic N) is 2. The van der Waals surface area contributed by atoms with Crippen molar-refractivity contribution in [1.82, 2.24) is 9.78 Å². The third-order valence-corrected chi connectivity index (χ3v) is 2.93. The van der Waals surface area contributed by atoms with E-state index in [9.17, 15) is 14.4 Å². The highest BCUT2D eigenvalue weighted by Gasteiger charge is 2.30. The van der Waals surface area contributed by atoms with Gasteiger partial charge in [0.15, 0.2) is 11.5 Å². The van der Waals surface area contributed by atoms with E-state index in [0.717, 1.165) is 4.68 Å². The maximum Gasteiger partial charge on any atom is 0.356 e. The van der Waals surface area contributed by atoms with Gasteiger partial charge in [0.05, 0.1) is 6.61 Å². The summed E-state index contributed by atoms with van der Waals surface area (Å²) < 4.78 is 5.93. The zero-order valence-corrected chi connectivity index (χ0v) is 10.5. The zero-order chi connectivity index (χ0) is 14.0. The predicted octanol–water partition coefficient (Wildman–Crippen LogP) is 0.663. The number of hydrogen-bond acceptors (Lipinski definition) is 5. The highest BCUT2D eigenvalue weighted by atomic mass is 16.5. The van der Waals surface area contributed by atoms with Crippen molar-refractivity contribution in [3.05, 3.63) is 17.0 Å². The molecule has 0 amide bonds. The van der Waals surface area contributed by atoms with E-state index in [0.29, 0.717) is 24.8 Å². The molecule has 0 spiro atoms. The van der Waals surface area contributed by atoms with E-state index in [2.05, 4.69) is 5.10 Å². The minimum atomic E-state index is -1.19. The van der Waals surface area contributed by atoms with Crippen molar-refractivity contribution in [3.63, 3.8) is 0 Å². The molecule has 0 fully saturated rings. The summed E-state index contributed by atoms with van der Waals surface area (Å²) >= 11 is 0. The molecule has 0 saturated carbocycles.